The van der Waals surface area contributed by atoms with Crippen molar-refractivity contribution >= 4 is 16.9 Å². The van der Waals surface area contributed by atoms with Crippen LogP contribution in [0.1, 0.15) is 25.5 Å². The van der Waals surface area contributed by atoms with E-state index in [9.17, 15) is 13.6 Å². The van der Waals surface area contributed by atoms with E-state index < -0.39 is 17.7 Å². The average Bonchev–Trinajstić information content (AvgIpc) is 3.15. The highest BCUT2D eigenvalue weighted by atomic mass is 19.2. The van der Waals surface area contributed by atoms with Gasteiger partial charge in [0.05, 0.1) is 30.1 Å². The van der Waals surface area contributed by atoms with Gasteiger partial charge in [0.25, 0.3) is 0 Å². The quantitative estimate of drug-likeness (QED) is 0.608. The van der Waals surface area contributed by atoms with Gasteiger partial charge in [-0.3, -0.25) is 9.69 Å². The Kier molecular flexibility index (Phi) is 6.81. The molecular formula is C24H28F2N4O2. The van der Waals surface area contributed by atoms with Crippen LogP contribution in [0.3, 0.4) is 0 Å². The summed E-state index contributed by atoms with van der Waals surface area (Å²) in [6.45, 7) is 7.22. The summed E-state index contributed by atoms with van der Waals surface area (Å²) >= 11 is 0. The van der Waals surface area contributed by atoms with Crippen LogP contribution < -0.4 is 5.32 Å². The summed E-state index contributed by atoms with van der Waals surface area (Å²) in [4.78, 5) is 19.6. The van der Waals surface area contributed by atoms with Gasteiger partial charge < -0.3 is 14.6 Å². The van der Waals surface area contributed by atoms with Gasteiger partial charge in [0.2, 0.25) is 5.91 Å². The molecule has 2 aromatic carbocycles. The van der Waals surface area contributed by atoms with E-state index in [1.165, 1.54) is 11.9 Å². The monoisotopic (exact) mass is 442 g/mol. The fourth-order valence-corrected chi connectivity index (χ4v) is 4.20. The van der Waals surface area contributed by atoms with Crippen LogP contribution in [0.4, 0.5) is 8.78 Å². The zero-order chi connectivity index (χ0) is 22.7. The van der Waals surface area contributed by atoms with Crippen LogP contribution in [0, 0.1) is 17.6 Å². The molecule has 32 heavy (non-hydrogen) atoms. The lowest BCUT2D eigenvalue weighted by Crippen LogP contribution is -2.48. The summed E-state index contributed by atoms with van der Waals surface area (Å²) in [5, 5.41) is 2.99. The number of carbonyl (C=O) groups excluding carboxylic acids is 1. The van der Waals surface area contributed by atoms with E-state index in [2.05, 4.69) is 27.3 Å². The standard InChI is InChI=1S/C24H28F2N4O2/c1-16(2)23(30-15-28-21-10-19(25)20(26)11-22(21)30)24(31)27-12-18-14-29(8-9-32-18)13-17-6-4-3-5-7-17/h3-7,10-11,15-16,18,23H,8-9,12-14H2,1-2H3,(H,27,31). The Morgan fingerprint density at radius 2 is 1.97 bits per heavy atom. The first-order valence-electron chi connectivity index (χ1n) is 10.9. The van der Waals surface area contributed by atoms with E-state index in [1.807, 2.05) is 32.0 Å². The normalized spacial score (nSPS) is 18.2. The fraction of sp³-hybridized carbons (Fsp3) is 0.417. The second kappa shape index (κ2) is 9.75. The van der Waals surface area contributed by atoms with Crippen LogP contribution in [-0.2, 0) is 16.1 Å². The number of rotatable bonds is 7. The molecule has 1 aromatic heterocycles. The Bertz CT molecular complexity index is 1070. The van der Waals surface area contributed by atoms with Crippen molar-refractivity contribution in [1.82, 2.24) is 19.8 Å². The summed E-state index contributed by atoms with van der Waals surface area (Å²) in [6, 6.07) is 11.8. The smallest absolute Gasteiger partial charge is 0.243 e. The van der Waals surface area contributed by atoms with Crippen molar-refractivity contribution in [2.75, 3.05) is 26.2 Å². The molecule has 2 heterocycles. The third kappa shape index (κ3) is 4.97. The van der Waals surface area contributed by atoms with Crippen LogP contribution >= 0.6 is 0 Å². The Morgan fingerprint density at radius 1 is 1.22 bits per heavy atom. The lowest BCUT2D eigenvalue weighted by molar-refractivity contribution is -0.126. The van der Waals surface area contributed by atoms with Crippen molar-refractivity contribution < 1.29 is 18.3 Å². The maximum Gasteiger partial charge on any atom is 0.243 e. The predicted octanol–water partition coefficient (Wildman–Crippen LogP) is 3.53. The molecule has 1 N–H and O–H groups in total. The number of hydrogen-bond acceptors (Lipinski definition) is 4. The van der Waals surface area contributed by atoms with Crippen molar-refractivity contribution in [3.8, 4) is 0 Å². The SMILES string of the molecule is CC(C)C(C(=O)NCC1CN(Cc2ccccc2)CCO1)n1cnc2cc(F)c(F)cc21. The minimum atomic E-state index is -0.962. The summed E-state index contributed by atoms with van der Waals surface area (Å²) < 4.78 is 34.8. The molecule has 1 fully saturated rings. The van der Waals surface area contributed by atoms with Gasteiger partial charge in [-0.1, -0.05) is 44.2 Å². The molecule has 0 saturated carbocycles. The van der Waals surface area contributed by atoms with Gasteiger partial charge in [0.1, 0.15) is 6.04 Å². The predicted molar refractivity (Wildman–Crippen MR) is 118 cm³/mol. The molecule has 1 aliphatic rings. The van der Waals surface area contributed by atoms with E-state index in [0.717, 1.165) is 31.8 Å². The number of aromatic nitrogens is 2. The minimum absolute atomic E-state index is 0.0811. The van der Waals surface area contributed by atoms with Crippen molar-refractivity contribution in [1.29, 1.82) is 0 Å². The second-order valence-electron chi connectivity index (χ2n) is 8.55. The molecular weight excluding hydrogens is 414 g/mol. The van der Waals surface area contributed by atoms with Crippen molar-refractivity contribution in [3.05, 3.63) is 66.0 Å². The van der Waals surface area contributed by atoms with Crippen molar-refractivity contribution in [3.63, 3.8) is 0 Å². The van der Waals surface area contributed by atoms with Crippen LogP contribution in [-0.4, -0.2) is 52.7 Å². The number of halogens is 2. The zero-order valence-electron chi connectivity index (χ0n) is 18.3. The Hall–Kier alpha value is -2.84. The number of morpholine rings is 1. The van der Waals surface area contributed by atoms with Gasteiger partial charge in [0.15, 0.2) is 11.6 Å². The van der Waals surface area contributed by atoms with E-state index >= 15 is 0 Å². The number of fused-ring (bicyclic) bond motifs is 1. The summed E-state index contributed by atoms with van der Waals surface area (Å²) in [6.07, 6.45) is 1.35. The van der Waals surface area contributed by atoms with E-state index in [0.29, 0.717) is 24.2 Å². The largest absolute Gasteiger partial charge is 0.374 e. The number of ether oxygens (including phenoxy) is 1. The van der Waals surface area contributed by atoms with Gasteiger partial charge in [0, 0.05) is 38.3 Å². The molecule has 0 aliphatic carbocycles. The number of imidazole rings is 1. The van der Waals surface area contributed by atoms with Gasteiger partial charge in [-0.2, -0.15) is 0 Å². The summed E-state index contributed by atoms with van der Waals surface area (Å²) in [5.41, 5.74) is 1.95. The van der Waals surface area contributed by atoms with Gasteiger partial charge in [-0.05, 0) is 11.5 Å². The van der Waals surface area contributed by atoms with E-state index in [-0.39, 0.29) is 17.9 Å². The lowest BCUT2D eigenvalue weighted by Gasteiger charge is -2.33. The Morgan fingerprint density at radius 3 is 2.72 bits per heavy atom. The van der Waals surface area contributed by atoms with Crippen LogP contribution in [0.15, 0.2) is 48.8 Å². The van der Waals surface area contributed by atoms with Gasteiger partial charge in [-0.25, -0.2) is 13.8 Å². The lowest BCUT2D eigenvalue weighted by atomic mass is 10.0. The van der Waals surface area contributed by atoms with E-state index in [4.69, 9.17) is 4.74 Å². The molecule has 0 spiro atoms. The molecule has 0 bridgehead atoms. The topological polar surface area (TPSA) is 59.4 Å². The zero-order valence-corrected chi connectivity index (χ0v) is 18.3. The molecule has 4 rings (SSSR count). The number of nitrogens with one attached hydrogen (secondary N) is 1. The molecule has 3 aromatic rings. The molecule has 0 radical (unpaired) electrons. The fourth-order valence-electron chi connectivity index (χ4n) is 4.20. The number of amides is 1. The summed E-state index contributed by atoms with van der Waals surface area (Å²) in [7, 11) is 0. The first kappa shape index (κ1) is 22.4. The van der Waals surface area contributed by atoms with Crippen molar-refractivity contribution in [2.24, 2.45) is 5.92 Å². The second-order valence-corrected chi connectivity index (χ2v) is 8.55. The Balaban J connectivity index is 1.41. The van der Waals surface area contributed by atoms with Crippen LogP contribution in [0.25, 0.3) is 11.0 Å². The molecule has 8 heteroatoms. The molecule has 170 valence electrons. The first-order chi connectivity index (χ1) is 15.4. The number of benzene rings is 2. The highest BCUT2D eigenvalue weighted by Crippen LogP contribution is 2.25. The molecule has 1 saturated heterocycles. The van der Waals surface area contributed by atoms with Gasteiger partial charge in [-0.15, -0.1) is 0 Å². The Labute approximate surface area is 186 Å². The highest BCUT2D eigenvalue weighted by molar-refractivity contribution is 5.84. The summed E-state index contributed by atoms with van der Waals surface area (Å²) in [5.74, 6) is -2.20. The molecule has 2 unspecified atom stereocenters. The molecule has 1 aliphatic heterocycles. The van der Waals surface area contributed by atoms with E-state index in [1.54, 1.807) is 4.57 Å². The maximum absolute atomic E-state index is 13.8. The van der Waals surface area contributed by atoms with Crippen LogP contribution in [0.2, 0.25) is 0 Å². The third-order valence-corrected chi connectivity index (χ3v) is 5.79. The highest BCUT2D eigenvalue weighted by Gasteiger charge is 2.28. The molecule has 2 atom stereocenters. The number of nitrogens with zero attached hydrogens (tertiary/aromatic N) is 3. The van der Waals surface area contributed by atoms with Crippen molar-refractivity contribution in [2.45, 2.75) is 32.5 Å². The minimum Gasteiger partial charge on any atom is -0.374 e. The number of hydrogen-bond donors (Lipinski definition) is 1. The average molecular weight is 443 g/mol. The van der Waals surface area contributed by atoms with Gasteiger partial charge >= 0.3 is 0 Å². The number of carbonyl (C=O) groups is 1. The first-order valence-corrected chi connectivity index (χ1v) is 10.9. The van der Waals surface area contributed by atoms with Crippen LogP contribution in [0.5, 0.6) is 0 Å². The maximum atomic E-state index is 13.8. The molecule has 6 nitrogen and oxygen atoms in total. The third-order valence-electron chi connectivity index (χ3n) is 5.79. The molecule has 1 amide bonds.